The number of aromatic hydroxyl groups is 1. The van der Waals surface area contributed by atoms with Gasteiger partial charge in [-0.1, -0.05) is 0 Å². The minimum atomic E-state index is -1.63. The number of benzene rings is 2. The maximum absolute atomic E-state index is 15.5. The summed E-state index contributed by atoms with van der Waals surface area (Å²) in [6.07, 6.45) is 1.66. The highest BCUT2D eigenvalue weighted by atomic mass is 32.2. The van der Waals surface area contributed by atoms with Gasteiger partial charge in [-0.25, -0.2) is 9.37 Å². The highest BCUT2D eigenvalue weighted by Gasteiger charge is 2.28. The Morgan fingerprint density at radius 2 is 2.02 bits per heavy atom. The smallest absolute Gasteiger partial charge is 0.320 e. The van der Waals surface area contributed by atoms with Crippen molar-refractivity contribution in [2.45, 2.75) is 23.5 Å². The lowest BCUT2D eigenvalue weighted by Crippen LogP contribution is -2.32. The third-order valence-corrected chi connectivity index (χ3v) is 7.46. The highest BCUT2D eigenvalue weighted by molar-refractivity contribution is 7.91. The first-order chi connectivity index (χ1) is 19.5. The Morgan fingerprint density at radius 3 is 2.68 bits per heavy atom. The summed E-state index contributed by atoms with van der Waals surface area (Å²) in [5, 5.41) is 26.6. The van der Waals surface area contributed by atoms with E-state index in [1.54, 1.807) is 13.3 Å². The van der Waals surface area contributed by atoms with Crippen LogP contribution in [0.1, 0.15) is 23.7 Å². The molecule has 0 bridgehead atoms. The van der Waals surface area contributed by atoms with Gasteiger partial charge in [0.1, 0.15) is 29.5 Å². The van der Waals surface area contributed by atoms with Crippen molar-refractivity contribution in [3.05, 3.63) is 65.4 Å². The number of carboxylic acids is 1. The molecule has 2 heterocycles. The van der Waals surface area contributed by atoms with Gasteiger partial charge in [-0.3, -0.25) is 20.1 Å². The summed E-state index contributed by atoms with van der Waals surface area (Å²) < 4.78 is 54.2. The molecule has 0 amide bonds. The van der Waals surface area contributed by atoms with Gasteiger partial charge in [-0.2, -0.15) is 4.39 Å². The van der Waals surface area contributed by atoms with Crippen LogP contribution < -0.4 is 20.9 Å². The molecule has 0 saturated heterocycles. The molecule has 1 aliphatic rings. The summed E-state index contributed by atoms with van der Waals surface area (Å²) in [4.78, 5) is 21.1. The number of aliphatic carboxylic acids is 1. The quantitative estimate of drug-likeness (QED) is 0.126. The largest absolute Gasteiger partial charge is 0.611 e. The minimum absolute atomic E-state index is 0.000242. The molecule has 2 aromatic carbocycles. The predicted octanol–water partition coefficient (Wildman–Crippen LogP) is 2.86. The molecule has 3 atom stereocenters. The monoisotopic (exact) mass is 588 g/mol. The number of carbonyl (C=O) groups is 1. The van der Waals surface area contributed by atoms with E-state index in [2.05, 4.69) is 9.98 Å². The van der Waals surface area contributed by atoms with Crippen molar-refractivity contribution in [1.29, 1.82) is 5.41 Å². The van der Waals surface area contributed by atoms with E-state index < -0.39 is 58.4 Å². The van der Waals surface area contributed by atoms with Crippen molar-refractivity contribution in [3.8, 4) is 28.9 Å². The molecule has 1 aliphatic heterocycles. The minimum Gasteiger partial charge on any atom is -0.611 e. The van der Waals surface area contributed by atoms with Gasteiger partial charge in [-0.15, -0.1) is 0 Å². The third-order valence-electron chi connectivity index (χ3n) is 6.08. The Morgan fingerprint density at radius 1 is 1.27 bits per heavy atom. The molecule has 7 N–H and O–H groups in total. The number of nitrogens with two attached hydrogens (primary N) is 2. The van der Waals surface area contributed by atoms with Gasteiger partial charge >= 0.3 is 5.97 Å². The second kappa shape index (κ2) is 12.5. The van der Waals surface area contributed by atoms with Crippen molar-refractivity contribution < 1.29 is 37.8 Å². The lowest BCUT2D eigenvalue weighted by atomic mass is 10.1. The molecule has 0 fully saturated rings. The average molecular weight is 589 g/mol. The molecule has 216 valence electrons. The first kappa shape index (κ1) is 29.7. The molecule has 0 aliphatic carbocycles. The number of hydrogen-bond donors (Lipinski definition) is 5. The number of phenolic OH excluding ortho intramolecular Hbond substituents is 1. The van der Waals surface area contributed by atoms with E-state index >= 15 is 4.39 Å². The molecule has 3 aromatic rings. The second-order valence-electron chi connectivity index (χ2n) is 8.98. The van der Waals surface area contributed by atoms with Gasteiger partial charge in [0.05, 0.1) is 6.20 Å². The first-order valence-corrected chi connectivity index (χ1v) is 13.4. The summed E-state index contributed by atoms with van der Waals surface area (Å²) in [5.41, 5.74) is 11.5. The Hall–Kier alpha value is -4.31. The fourth-order valence-electron chi connectivity index (χ4n) is 3.82. The van der Waals surface area contributed by atoms with Gasteiger partial charge in [0.15, 0.2) is 22.2 Å². The zero-order valence-corrected chi connectivity index (χ0v) is 22.4. The number of hydrogen-bond acceptors (Lipinski definition) is 10. The zero-order chi connectivity index (χ0) is 29.8. The van der Waals surface area contributed by atoms with Crippen molar-refractivity contribution in [1.82, 2.24) is 9.88 Å². The molecule has 0 radical (unpaired) electrons. The van der Waals surface area contributed by atoms with Crippen LogP contribution in [0.15, 0.2) is 52.5 Å². The van der Waals surface area contributed by atoms with Crippen LogP contribution in [0.2, 0.25) is 0 Å². The van der Waals surface area contributed by atoms with E-state index in [4.69, 9.17) is 31.5 Å². The topological polar surface area (TPSA) is 203 Å². The fourth-order valence-corrected chi connectivity index (χ4v) is 5.00. The summed E-state index contributed by atoms with van der Waals surface area (Å²) >= 11 is -1.63. The van der Waals surface area contributed by atoms with E-state index in [0.29, 0.717) is 23.2 Å². The van der Waals surface area contributed by atoms with Crippen molar-refractivity contribution in [2.24, 2.45) is 16.5 Å². The number of ether oxygens (including phenoxy) is 2. The van der Waals surface area contributed by atoms with Crippen LogP contribution in [0.3, 0.4) is 0 Å². The SMILES string of the molecule is CN1CC=NC1c1cc([S+]([O-])CCC(N)C(=O)O)ccc1Oc1c(F)cnc(Oc2cc(C(=N)N)ccc2O)c1F. The third kappa shape index (κ3) is 6.71. The molecule has 12 nitrogen and oxygen atoms in total. The van der Waals surface area contributed by atoms with Gasteiger partial charge < -0.3 is 35.7 Å². The molecule has 0 spiro atoms. The van der Waals surface area contributed by atoms with Crippen LogP contribution in [0.25, 0.3) is 0 Å². The van der Waals surface area contributed by atoms with Gasteiger partial charge in [0, 0.05) is 36.4 Å². The second-order valence-corrected chi connectivity index (χ2v) is 10.6. The van der Waals surface area contributed by atoms with Crippen LogP contribution in [-0.4, -0.2) is 68.1 Å². The molecule has 41 heavy (non-hydrogen) atoms. The average Bonchev–Trinajstić information content (AvgIpc) is 3.37. The highest BCUT2D eigenvalue weighted by Crippen LogP contribution is 2.40. The number of aromatic nitrogens is 1. The predicted molar refractivity (Wildman–Crippen MR) is 145 cm³/mol. The Labute approximate surface area is 235 Å². The number of phenols is 1. The molecule has 3 unspecified atom stereocenters. The van der Waals surface area contributed by atoms with E-state index in [9.17, 15) is 18.8 Å². The van der Waals surface area contributed by atoms with Crippen LogP contribution >= 0.6 is 0 Å². The Kier molecular flexibility index (Phi) is 9.02. The number of halogens is 2. The van der Waals surface area contributed by atoms with Gasteiger partial charge in [-0.05, 0) is 48.6 Å². The Bertz CT molecular complexity index is 1510. The molecular formula is C26H26F2N6O6S. The van der Waals surface area contributed by atoms with E-state index in [1.807, 2.05) is 4.90 Å². The fraction of sp³-hybridized carbons (Fsp3) is 0.231. The number of rotatable bonds is 11. The van der Waals surface area contributed by atoms with Crippen molar-refractivity contribution in [2.75, 3.05) is 19.3 Å². The normalized spacial score (nSPS) is 16.4. The molecule has 4 rings (SSSR count). The number of nitrogens with zero attached hydrogens (tertiary/aromatic N) is 3. The summed E-state index contributed by atoms with van der Waals surface area (Å²) in [6, 6.07) is 6.89. The van der Waals surface area contributed by atoms with E-state index in [-0.39, 0.29) is 35.1 Å². The standard InChI is InChI=1S/C26H26F2N6O6S/c1-34-8-7-32-24(34)15-11-14(41(38)9-6-17(29)26(36)37)3-5-19(15)39-22-16(27)12-33-25(21(22)28)40-20-10-13(23(30)31)2-4-18(20)35/h2-5,7,10-12,17,24,35H,6,8-9,29H2,1H3,(H3,30,31)(H,36,37). The van der Waals surface area contributed by atoms with Crippen LogP contribution in [0.5, 0.6) is 28.9 Å². The van der Waals surface area contributed by atoms with Gasteiger partial charge in [0.2, 0.25) is 11.6 Å². The number of pyridine rings is 1. The summed E-state index contributed by atoms with van der Waals surface area (Å²) in [6.45, 7) is 0.476. The van der Waals surface area contributed by atoms with Gasteiger partial charge in [0.25, 0.3) is 5.88 Å². The molecule has 15 heteroatoms. The lowest BCUT2D eigenvalue weighted by molar-refractivity contribution is -0.138. The number of carboxylic acid groups (broad SMARTS) is 1. The van der Waals surface area contributed by atoms with Crippen LogP contribution in [0.4, 0.5) is 8.78 Å². The maximum Gasteiger partial charge on any atom is 0.320 e. The Balaban J connectivity index is 1.67. The number of amidine groups is 1. The van der Waals surface area contributed by atoms with Crippen LogP contribution in [0, 0.1) is 17.0 Å². The molecule has 0 saturated carbocycles. The number of aliphatic imine (C=N–C) groups is 1. The maximum atomic E-state index is 15.5. The number of nitrogen functional groups attached to an aromatic ring is 1. The summed E-state index contributed by atoms with van der Waals surface area (Å²) in [5.74, 6) is -6.29. The zero-order valence-electron chi connectivity index (χ0n) is 21.6. The molecular weight excluding hydrogens is 562 g/mol. The van der Waals surface area contributed by atoms with Crippen molar-refractivity contribution >= 4 is 29.2 Å². The van der Waals surface area contributed by atoms with E-state index in [1.165, 1.54) is 36.4 Å². The van der Waals surface area contributed by atoms with Crippen molar-refractivity contribution in [3.63, 3.8) is 0 Å². The first-order valence-electron chi connectivity index (χ1n) is 12.1. The lowest BCUT2D eigenvalue weighted by Gasteiger charge is -2.22. The van der Waals surface area contributed by atoms with E-state index in [0.717, 1.165) is 0 Å². The summed E-state index contributed by atoms with van der Waals surface area (Å²) in [7, 11) is 1.76. The number of nitrogens with one attached hydrogen (secondary N) is 1. The molecule has 1 aromatic heterocycles. The van der Waals surface area contributed by atoms with Crippen LogP contribution in [-0.2, 0) is 16.0 Å².